The molecule has 2 aromatic rings. The predicted octanol–water partition coefficient (Wildman–Crippen LogP) is 5.06. The van der Waals surface area contributed by atoms with Gasteiger partial charge in [0.25, 0.3) is 5.91 Å². The van der Waals surface area contributed by atoms with E-state index in [-0.39, 0.29) is 5.91 Å². The normalized spacial score (nSPS) is 17.7. The standard InChI is InChI=1S/C17H13BrN2OS2/c1-22-14-8-2-11(3-9-14)10-15-16(21)20-17(23-15)19-13-6-4-12(18)5-7-13/h2-10H,1H3,(H,19,20,21). The zero-order valence-electron chi connectivity index (χ0n) is 12.2. The van der Waals surface area contributed by atoms with Crippen molar-refractivity contribution >= 4 is 62.3 Å². The number of hydrogen-bond acceptors (Lipinski definition) is 4. The van der Waals surface area contributed by atoms with Gasteiger partial charge in [-0.3, -0.25) is 4.79 Å². The number of nitrogens with one attached hydrogen (secondary N) is 1. The molecule has 6 heteroatoms. The Morgan fingerprint density at radius 3 is 2.48 bits per heavy atom. The smallest absolute Gasteiger partial charge is 0.264 e. The number of rotatable bonds is 3. The monoisotopic (exact) mass is 404 g/mol. The summed E-state index contributed by atoms with van der Waals surface area (Å²) in [7, 11) is 0. The molecule has 1 aliphatic rings. The van der Waals surface area contributed by atoms with Gasteiger partial charge in [-0.05, 0) is 66.1 Å². The van der Waals surface area contributed by atoms with Crippen molar-refractivity contribution in [2.45, 2.75) is 4.90 Å². The fourth-order valence-electron chi connectivity index (χ4n) is 1.96. The lowest BCUT2D eigenvalue weighted by Gasteiger charge is -1.98. The number of thioether (sulfide) groups is 2. The maximum atomic E-state index is 12.1. The van der Waals surface area contributed by atoms with Gasteiger partial charge < -0.3 is 5.32 Å². The average Bonchev–Trinajstić information content (AvgIpc) is 2.90. The van der Waals surface area contributed by atoms with Crippen molar-refractivity contribution in [2.24, 2.45) is 4.99 Å². The predicted molar refractivity (Wildman–Crippen MR) is 103 cm³/mol. The van der Waals surface area contributed by atoms with Crippen LogP contribution >= 0.6 is 39.5 Å². The Kier molecular flexibility index (Phi) is 5.25. The molecule has 116 valence electrons. The molecule has 0 atom stereocenters. The van der Waals surface area contributed by atoms with Gasteiger partial charge in [0.2, 0.25) is 0 Å². The molecule has 0 unspecified atom stereocenters. The largest absolute Gasteiger partial charge is 0.300 e. The van der Waals surface area contributed by atoms with E-state index < -0.39 is 0 Å². The molecule has 0 radical (unpaired) electrons. The minimum Gasteiger partial charge on any atom is -0.300 e. The third kappa shape index (κ3) is 4.28. The number of halogens is 1. The first-order valence-electron chi connectivity index (χ1n) is 6.83. The molecular weight excluding hydrogens is 392 g/mol. The number of amides is 1. The SMILES string of the molecule is CSc1ccc(C=C2SC(=Nc3ccc(Br)cc3)NC2=O)cc1. The first kappa shape index (κ1) is 16.4. The molecule has 23 heavy (non-hydrogen) atoms. The molecule has 1 N–H and O–H groups in total. The molecule has 0 aliphatic carbocycles. The summed E-state index contributed by atoms with van der Waals surface area (Å²) in [5, 5.41) is 3.40. The molecule has 2 aromatic carbocycles. The molecule has 1 heterocycles. The average molecular weight is 405 g/mol. The molecule has 1 saturated heterocycles. The van der Waals surface area contributed by atoms with E-state index in [9.17, 15) is 4.79 Å². The maximum Gasteiger partial charge on any atom is 0.264 e. The van der Waals surface area contributed by atoms with Crippen LogP contribution in [0.4, 0.5) is 5.69 Å². The Bertz CT molecular complexity index is 783. The molecule has 3 rings (SSSR count). The van der Waals surface area contributed by atoms with Crippen LogP contribution in [-0.2, 0) is 4.79 Å². The number of carbonyl (C=O) groups is 1. The Hall–Kier alpha value is -1.50. The number of nitrogens with zero attached hydrogens (tertiary/aromatic N) is 1. The van der Waals surface area contributed by atoms with Crippen LogP contribution in [0, 0.1) is 0 Å². The van der Waals surface area contributed by atoms with Crippen LogP contribution in [0.2, 0.25) is 0 Å². The molecule has 0 saturated carbocycles. The molecule has 1 fully saturated rings. The topological polar surface area (TPSA) is 41.5 Å². The highest BCUT2D eigenvalue weighted by molar-refractivity contribution is 9.10. The molecule has 1 amide bonds. The van der Waals surface area contributed by atoms with Crippen molar-refractivity contribution in [2.75, 3.05) is 6.26 Å². The summed E-state index contributed by atoms with van der Waals surface area (Å²) in [4.78, 5) is 18.4. The van der Waals surface area contributed by atoms with E-state index in [0.29, 0.717) is 10.1 Å². The zero-order chi connectivity index (χ0) is 16.2. The number of amidine groups is 1. The van der Waals surface area contributed by atoms with Crippen LogP contribution in [-0.4, -0.2) is 17.3 Å². The maximum absolute atomic E-state index is 12.1. The van der Waals surface area contributed by atoms with E-state index in [1.54, 1.807) is 11.8 Å². The highest BCUT2D eigenvalue weighted by Crippen LogP contribution is 2.28. The second kappa shape index (κ2) is 7.38. The van der Waals surface area contributed by atoms with Crippen molar-refractivity contribution in [3.05, 3.63) is 63.5 Å². The minimum absolute atomic E-state index is 0.111. The second-order valence-corrected chi connectivity index (χ2v) is 7.56. The highest BCUT2D eigenvalue weighted by atomic mass is 79.9. The van der Waals surface area contributed by atoms with E-state index in [0.717, 1.165) is 15.7 Å². The lowest BCUT2D eigenvalue weighted by molar-refractivity contribution is -0.115. The Morgan fingerprint density at radius 1 is 1.13 bits per heavy atom. The summed E-state index contributed by atoms with van der Waals surface area (Å²) in [6, 6.07) is 15.7. The lowest BCUT2D eigenvalue weighted by Crippen LogP contribution is -2.19. The summed E-state index contributed by atoms with van der Waals surface area (Å²) in [5.74, 6) is -0.111. The van der Waals surface area contributed by atoms with E-state index >= 15 is 0 Å². The first-order chi connectivity index (χ1) is 11.1. The van der Waals surface area contributed by atoms with Crippen molar-refractivity contribution in [3.8, 4) is 0 Å². The van der Waals surface area contributed by atoms with Crippen LogP contribution in [0.1, 0.15) is 5.56 Å². The van der Waals surface area contributed by atoms with Gasteiger partial charge in [0.1, 0.15) is 0 Å². The van der Waals surface area contributed by atoms with E-state index in [1.807, 2.05) is 60.9 Å². The third-order valence-corrected chi connectivity index (χ3v) is 5.30. The first-order valence-corrected chi connectivity index (χ1v) is 9.67. The molecule has 1 aliphatic heterocycles. The van der Waals surface area contributed by atoms with Crippen LogP contribution in [0.25, 0.3) is 6.08 Å². The summed E-state index contributed by atoms with van der Waals surface area (Å²) in [6.45, 7) is 0. The van der Waals surface area contributed by atoms with Gasteiger partial charge in [-0.15, -0.1) is 11.8 Å². The van der Waals surface area contributed by atoms with Crippen molar-refractivity contribution < 1.29 is 4.79 Å². The van der Waals surface area contributed by atoms with Gasteiger partial charge in [-0.1, -0.05) is 28.1 Å². The quantitative estimate of drug-likeness (QED) is 0.573. The Morgan fingerprint density at radius 2 is 1.83 bits per heavy atom. The summed E-state index contributed by atoms with van der Waals surface area (Å²) in [5.41, 5.74) is 1.81. The van der Waals surface area contributed by atoms with E-state index in [4.69, 9.17) is 0 Å². The summed E-state index contributed by atoms with van der Waals surface area (Å²) < 4.78 is 0.999. The van der Waals surface area contributed by atoms with Crippen LogP contribution in [0.3, 0.4) is 0 Å². The van der Waals surface area contributed by atoms with Gasteiger partial charge in [0, 0.05) is 9.37 Å². The Labute approximate surface area is 151 Å². The molecule has 0 aromatic heterocycles. The number of benzene rings is 2. The van der Waals surface area contributed by atoms with Gasteiger partial charge in [-0.2, -0.15) is 0 Å². The van der Waals surface area contributed by atoms with Gasteiger partial charge in [0.05, 0.1) is 10.6 Å². The molecule has 3 nitrogen and oxygen atoms in total. The summed E-state index contributed by atoms with van der Waals surface area (Å²) >= 11 is 6.44. The van der Waals surface area contributed by atoms with E-state index in [1.165, 1.54) is 16.7 Å². The van der Waals surface area contributed by atoms with Crippen LogP contribution in [0.15, 0.2) is 67.8 Å². The number of carbonyl (C=O) groups excluding carboxylic acids is 1. The molecular formula is C17H13BrN2OS2. The lowest BCUT2D eigenvalue weighted by atomic mass is 10.2. The van der Waals surface area contributed by atoms with Crippen LogP contribution in [0.5, 0.6) is 0 Å². The second-order valence-electron chi connectivity index (χ2n) is 4.73. The molecule has 0 bridgehead atoms. The van der Waals surface area contributed by atoms with Crippen LogP contribution < -0.4 is 5.32 Å². The van der Waals surface area contributed by atoms with Crippen molar-refractivity contribution in [1.29, 1.82) is 0 Å². The van der Waals surface area contributed by atoms with Gasteiger partial charge in [0.15, 0.2) is 5.17 Å². The molecule has 0 spiro atoms. The summed E-state index contributed by atoms with van der Waals surface area (Å²) in [6.07, 6.45) is 3.92. The fraction of sp³-hybridized carbons (Fsp3) is 0.0588. The number of hydrogen-bond donors (Lipinski definition) is 1. The fourth-order valence-corrected chi connectivity index (χ4v) is 3.48. The Balaban J connectivity index is 1.78. The zero-order valence-corrected chi connectivity index (χ0v) is 15.5. The van der Waals surface area contributed by atoms with E-state index in [2.05, 4.69) is 26.2 Å². The van der Waals surface area contributed by atoms with Crippen molar-refractivity contribution in [3.63, 3.8) is 0 Å². The number of aliphatic imine (C=N–C) groups is 1. The van der Waals surface area contributed by atoms with Crippen molar-refractivity contribution in [1.82, 2.24) is 5.32 Å². The van der Waals surface area contributed by atoms with Gasteiger partial charge >= 0.3 is 0 Å². The third-order valence-electron chi connectivity index (χ3n) is 3.12. The minimum atomic E-state index is -0.111. The highest BCUT2D eigenvalue weighted by Gasteiger charge is 2.23. The van der Waals surface area contributed by atoms with Gasteiger partial charge in [-0.25, -0.2) is 4.99 Å².